The number of nitrogens with one attached hydrogen (secondary N) is 1. The van der Waals surface area contributed by atoms with Gasteiger partial charge in [-0.3, -0.25) is 9.59 Å². The number of hydrogen-bond donors (Lipinski definition) is 1. The Bertz CT molecular complexity index is 1650. The number of fused-ring (bicyclic) bond motifs is 1. The third-order valence-corrected chi connectivity index (χ3v) is 6.48. The van der Waals surface area contributed by atoms with Crippen LogP contribution in [-0.4, -0.2) is 47.9 Å². The molecule has 10 nitrogen and oxygen atoms in total. The van der Waals surface area contributed by atoms with Crippen molar-refractivity contribution in [1.29, 1.82) is 0 Å². The lowest BCUT2D eigenvalue weighted by atomic mass is 10.1. The molecule has 184 valence electrons. The molecule has 0 saturated carbocycles. The van der Waals surface area contributed by atoms with Crippen LogP contribution in [0.2, 0.25) is 5.02 Å². The highest BCUT2D eigenvalue weighted by atomic mass is 35.5. The minimum atomic E-state index is -0.493. The van der Waals surface area contributed by atoms with Crippen molar-refractivity contribution in [2.24, 2.45) is 5.92 Å². The number of benzene rings is 2. The van der Waals surface area contributed by atoms with Crippen molar-refractivity contribution in [1.82, 2.24) is 29.5 Å². The SMILES string of the molecule is Cc1cc(NC(=O)C2CC(=O)N(c3ccccc3)C2)n(-c2ncnc3c2cnn3-c2cccc(Cl)c2)n1. The minimum absolute atomic E-state index is 0.0815. The standard InChI is InChI=1S/C26H21ClN8O2/c1-16-10-22(31-26(37)17-11-23(36)33(14-17)19-7-3-2-4-8-19)35(32-16)25-21-13-30-34(24(21)28-15-29-25)20-9-5-6-18(27)12-20/h2-10,12-13,15,17H,11,14H2,1H3,(H,31,37). The van der Waals surface area contributed by atoms with Crippen LogP contribution in [0, 0.1) is 12.8 Å². The number of aromatic nitrogens is 6. The van der Waals surface area contributed by atoms with Crippen molar-refractivity contribution >= 4 is 46.0 Å². The van der Waals surface area contributed by atoms with Crippen molar-refractivity contribution in [2.75, 3.05) is 16.8 Å². The maximum absolute atomic E-state index is 13.2. The third-order valence-electron chi connectivity index (χ3n) is 6.24. The molecule has 0 spiro atoms. The number of amides is 2. The highest BCUT2D eigenvalue weighted by Crippen LogP contribution is 2.28. The van der Waals surface area contributed by atoms with Crippen molar-refractivity contribution < 1.29 is 9.59 Å². The normalized spacial score (nSPS) is 15.5. The fourth-order valence-electron chi connectivity index (χ4n) is 4.52. The summed E-state index contributed by atoms with van der Waals surface area (Å²) in [4.78, 5) is 36.3. The number of carbonyl (C=O) groups excluding carboxylic acids is 2. The molecular weight excluding hydrogens is 492 g/mol. The van der Waals surface area contributed by atoms with Gasteiger partial charge in [0, 0.05) is 29.7 Å². The van der Waals surface area contributed by atoms with E-state index in [1.165, 1.54) is 6.33 Å². The van der Waals surface area contributed by atoms with Gasteiger partial charge >= 0.3 is 0 Å². The van der Waals surface area contributed by atoms with Crippen LogP contribution < -0.4 is 10.2 Å². The number of anilines is 2. The van der Waals surface area contributed by atoms with Crippen molar-refractivity contribution in [2.45, 2.75) is 13.3 Å². The van der Waals surface area contributed by atoms with Crippen LogP contribution in [0.4, 0.5) is 11.5 Å². The largest absolute Gasteiger partial charge is 0.312 e. The fourth-order valence-corrected chi connectivity index (χ4v) is 4.70. The number of hydrogen-bond acceptors (Lipinski definition) is 6. The molecule has 5 aromatic rings. The van der Waals surface area contributed by atoms with E-state index in [-0.39, 0.29) is 18.2 Å². The molecule has 1 atom stereocenters. The van der Waals surface area contributed by atoms with E-state index in [0.717, 1.165) is 11.4 Å². The summed E-state index contributed by atoms with van der Waals surface area (Å²) < 4.78 is 3.23. The number of nitrogens with zero attached hydrogens (tertiary/aromatic N) is 7. The Morgan fingerprint density at radius 1 is 1.03 bits per heavy atom. The molecule has 1 unspecified atom stereocenters. The lowest BCUT2D eigenvalue weighted by molar-refractivity contribution is -0.122. The lowest BCUT2D eigenvalue weighted by Gasteiger charge is -2.16. The third kappa shape index (κ3) is 4.21. The predicted molar refractivity (Wildman–Crippen MR) is 139 cm³/mol. The summed E-state index contributed by atoms with van der Waals surface area (Å²) in [5, 5.41) is 13.2. The fraction of sp³-hybridized carbons (Fsp3) is 0.154. The highest BCUT2D eigenvalue weighted by molar-refractivity contribution is 6.30. The van der Waals surface area contributed by atoms with Gasteiger partial charge in [0.05, 0.1) is 28.9 Å². The van der Waals surface area contributed by atoms with E-state index in [9.17, 15) is 9.59 Å². The first-order valence-corrected chi connectivity index (χ1v) is 12.0. The van der Waals surface area contributed by atoms with Crippen LogP contribution in [0.3, 0.4) is 0 Å². The van der Waals surface area contributed by atoms with Gasteiger partial charge < -0.3 is 10.2 Å². The van der Waals surface area contributed by atoms with Crippen LogP contribution in [0.25, 0.3) is 22.5 Å². The van der Waals surface area contributed by atoms with Crippen LogP contribution >= 0.6 is 11.6 Å². The van der Waals surface area contributed by atoms with Gasteiger partial charge in [0.1, 0.15) is 12.1 Å². The molecule has 2 amide bonds. The maximum atomic E-state index is 13.2. The van der Waals surface area contributed by atoms with Gasteiger partial charge in [-0.2, -0.15) is 14.9 Å². The summed E-state index contributed by atoms with van der Waals surface area (Å²) >= 11 is 6.17. The Labute approximate surface area is 216 Å². The molecule has 6 rings (SSSR count). The Morgan fingerprint density at radius 2 is 1.84 bits per heavy atom. The molecule has 2 aromatic carbocycles. The zero-order chi connectivity index (χ0) is 25.5. The first kappa shape index (κ1) is 22.9. The molecule has 3 aromatic heterocycles. The lowest BCUT2D eigenvalue weighted by Crippen LogP contribution is -2.28. The van der Waals surface area contributed by atoms with Gasteiger partial charge in [0.2, 0.25) is 11.8 Å². The molecule has 1 N–H and O–H groups in total. The van der Waals surface area contributed by atoms with E-state index in [2.05, 4.69) is 25.5 Å². The van der Waals surface area contributed by atoms with E-state index in [4.69, 9.17) is 11.6 Å². The van der Waals surface area contributed by atoms with Crippen LogP contribution in [0.15, 0.2) is 73.2 Å². The Hall–Kier alpha value is -4.57. The second-order valence-corrected chi connectivity index (χ2v) is 9.22. The molecule has 1 saturated heterocycles. The average molecular weight is 513 g/mol. The molecule has 37 heavy (non-hydrogen) atoms. The number of rotatable bonds is 5. The van der Waals surface area contributed by atoms with Crippen molar-refractivity contribution in [3.05, 3.63) is 83.9 Å². The molecule has 0 aliphatic carbocycles. The second kappa shape index (κ2) is 9.14. The average Bonchev–Trinajstić information content (AvgIpc) is 3.61. The van der Waals surface area contributed by atoms with Gasteiger partial charge in [0.15, 0.2) is 11.5 Å². The van der Waals surface area contributed by atoms with Gasteiger partial charge in [-0.25, -0.2) is 14.6 Å². The molecule has 11 heteroatoms. The van der Waals surface area contributed by atoms with E-state index < -0.39 is 5.92 Å². The minimum Gasteiger partial charge on any atom is -0.312 e. The summed E-state index contributed by atoms with van der Waals surface area (Å²) in [7, 11) is 0. The van der Waals surface area contributed by atoms with Crippen molar-refractivity contribution in [3.63, 3.8) is 0 Å². The molecule has 0 radical (unpaired) electrons. The topological polar surface area (TPSA) is 111 Å². The van der Waals surface area contributed by atoms with E-state index in [1.54, 1.807) is 38.7 Å². The Kier molecular flexibility index (Phi) is 5.65. The first-order valence-electron chi connectivity index (χ1n) is 11.7. The number of halogens is 1. The summed E-state index contributed by atoms with van der Waals surface area (Å²) in [6.07, 6.45) is 3.22. The summed E-state index contributed by atoms with van der Waals surface area (Å²) in [5.41, 5.74) is 2.80. The van der Waals surface area contributed by atoms with E-state index >= 15 is 0 Å². The number of carbonyl (C=O) groups is 2. The van der Waals surface area contributed by atoms with Crippen LogP contribution in [-0.2, 0) is 9.59 Å². The Balaban J connectivity index is 1.30. The second-order valence-electron chi connectivity index (χ2n) is 8.78. The molecule has 1 aliphatic heterocycles. The highest BCUT2D eigenvalue weighted by Gasteiger charge is 2.35. The van der Waals surface area contributed by atoms with Gasteiger partial charge in [-0.05, 0) is 37.3 Å². The molecule has 1 fully saturated rings. The monoisotopic (exact) mass is 512 g/mol. The zero-order valence-corrected chi connectivity index (χ0v) is 20.5. The van der Waals surface area contributed by atoms with Gasteiger partial charge in [-0.1, -0.05) is 35.9 Å². The van der Waals surface area contributed by atoms with Gasteiger partial charge in [-0.15, -0.1) is 0 Å². The molecule has 0 bridgehead atoms. The smallest absolute Gasteiger partial charge is 0.230 e. The zero-order valence-electron chi connectivity index (χ0n) is 19.7. The number of para-hydroxylation sites is 1. The summed E-state index contributed by atoms with van der Waals surface area (Å²) in [6, 6.07) is 18.4. The Morgan fingerprint density at radius 3 is 2.65 bits per heavy atom. The maximum Gasteiger partial charge on any atom is 0.230 e. The quantitative estimate of drug-likeness (QED) is 0.381. The van der Waals surface area contributed by atoms with Crippen LogP contribution in [0.1, 0.15) is 12.1 Å². The first-order chi connectivity index (χ1) is 18.0. The van der Waals surface area contributed by atoms with Gasteiger partial charge in [0.25, 0.3) is 0 Å². The van der Waals surface area contributed by atoms with Crippen LogP contribution in [0.5, 0.6) is 0 Å². The molecule has 4 heterocycles. The van der Waals surface area contributed by atoms with E-state index in [1.807, 2.05) is 49.4 Å². The predicted octanol–water partition coefficient (Wildman–Crippen LogP) is 3.95. The molecule has 1 aliphatic rings. The number of aryl methyl sites for hydroxylation is 1. The molecular formula is C26H21ClN8O2. The summed E-state index contributed by atoms with van der Waals surface area (Å²) in [6.45, 7) is 2.14. The van der Waals surface area contributed by atoms with Crippen molar-refractivity contribution in [3.8, 4) is 11.5 Å². The summed E-state index contributed by atoms with van der Waals surface area (Å²) in [5.74, 6) is 0.0842. The van der Waals surface area contributed by atoms with E-state index in [0.29, 0.717) is 39.9 Å².